The molecule has 1 N–H and O–H groups in total. The minimum absolute atomic E-state index is 0.176. The molecule has 1 aromatic carbocycles. The minimum atomic E-state index is -0.369. The number of hydrogen-bond acceptors (Lipinski definition) is 6. The Hall–Kier alpha value is -2.93. The van der Waals surface area contributed by atoms with Crippen molar-refractivity contribution in [2.24, 2.45) is 0 Å². The van der Waals surface area contributed by atoms with Gasteiger partial charge >= 0.3 is 0 Å². The number of nitrogens with zero attached hydrogens (tertiary/aromatic N) is 2. The van der Waals surface area contributed by atoms with Gasteiger partial charge < -0.3 is 8.94 Å². The number of nitrogens with one attached hydrogen (secondary N) is 1. The van der Waals surface area contributed by atoms with Crippen molar-refractivity contribution in [3.8, 4) is 11.5 Å². The molecule has 0 unspecified atom stereocenters. The van der Waals surface area contributed by atoms with Gasteiger partial charge in [0.15, 0.2) is 16.6 Å². The molecule has 0 bridgehead atoms. The molecular weight excluding hydrogens is 338 g/mol. The van der Waals surface area contributed by atoms with Gasteiger partial charge in [0.2, 0.25) is 5.76 Å². The van der Waals surface area contributed by atoms with E-state index in [-0.39, 0.29) is 11.6 Å². The molecule has 0 saturated carbocycles. The standard InChI is InChI=1S/C18H15N3O3S/c1-10(2)11-5-3-7-15-16(11)19-18(25-15)20-17(22)12-9-14(24-21-12)13-6-4-8-23-13/h3-10H,1-2H3,(H,19,20,22). The Balaban J connectivity index is 1.59. The van der Waals surface area contributed by atoms with Crippen LogP contribution in [0.5, 0.6) is 0 Å². The van der Waals surface area contributed by atoms with E-state index in [9.17, 15) is 4.79 Å². The first-order valence-corrected chi connectivity index (χ1v) is 8.65. The number of furan rings is 1. The highest BCUT2D eigenvalue weighted by atomic mass is 32.1. The van der Waals surface area contributed by atoms with E-state index in [1.54, 1.807) is 18.2 Å². The Labute approximate surface area is 147 Å². The molecule has 0 saturated heterocycles. The van der Waals surface area contributed by atoms with Gasteiger partial charge in [-0.2, -0.15) is 0 Å². The lowest BCUT2D eigenvalue weighted by Gasteiger charge is -2.04. The van der Waals surface area contributed by atoms with Gasteiger partial charge in [-0.15, -0.1) is 0 Å². The summed E-state index contributed by atoms with van der Waals surface area (Å²) in [6.45, 7) is 4.25. The van der Waals surface area contributed by atoms with E-state index in [0.717, 1.165) is 15.8 Å². The molecule has 0 atom stereocenters. The zero-order valence-electron chi connectivity index (χ0n) is 13.6. The van der Waals surface area contributed by atoms with Gasteiger partial charge in [-0.1, -0.05) is 42.5 Å². The van der Waals surface area contributed by atoms with Crippen LogP contribution in [0.25, 0.3) is 21.7 Å². The second kappa shape index (κ2) is 6.18. The average molecular weight is 353 g/mol. The van der Waals surface area contributed by atoms with Crippen molar-refractivity contribution in [1.82, 2.24) is 10.1 Å². The smallest absolute Gasteiger partial charge is 0.279 e. The number of thiazole rings is 1. The lowest BCUT2D eigenvalue weighted by molar-refractivity contribution is 0.101. The molecule has 0 aliphatic heterocycles. The van der Waals surface area contributed by atoms with Crippen molar-refractivity contribution in [2.75, 3.05) is 5.32 Å². The molecule has 0 fully saturated rings. The first-order chi connectivity index (χ1) is 12.1. The molecule has 7 heteroatoms. The molecule has 0 spiro atoms. The second-order valence-electron chi connectivity index (χ2n) is 5.88. The number of para-hydroxylation sites is 1. The van der Waals surface area contributed by atoms with Gasteiger partial charge in [0.1, 0.15) is 0 Å². The highest BCUT2D eigenvalue weighted by Crippen LogP contribution is 2.32. The first kappa shape index (κ1) is 15.6. The number of amides is 1. The Morgan fingerprint density at radius 3 is 2.84 bits per heavy atom. The predicted molar refractivity (Wildman–Crippen MR) is 95.9 cm³/mol. The molecule has 6 nitrogen and oxygen atoms in total. The topological polar surface area (TPSA) is 81.2 Å². The summed E-state index contributed by atoms with van der Waals surface area (Å²) in [5.74, 6) is 0.919. The number of carbonyl (C=O) groups excluding carboxylic acids is 1. The van der Waals surface area contributed by atoms with Gasteiger partial charge in [0, 0.05) is 6.07 Å². The Bertz CT molecular complexity index is 1030. The Morgan fingerprint density at radius 1 is 1.20 bits per heavy atom. The van der Waals surface area contributed by atoms with Crippen LogP contribution in [0.2, 0.25) is 0 Å². The predicted octanol–water partition coefficient (Wildman–Crippen LogP) is 4.92. The molecule has 4 aromatic rings. The maximum Gasteiger partial charge on any atom is 0.279 e. The third-order valence-corrected chi connectivity index (χ3v) is 4.74. The molecule has 1 amide bonds. The van der Waals surface area contributed by atoms with Crippen LogP contribution in [-0.2, 0) is 0 Å². The van der Waals surface area contributed by atoms with Crippen molar-refractivity contribution in [1.29, 1.82) is 0 Å². The molecule has 3 heterocycles. The van der Waals surface area contributed by atoms with E-state index in [2.05, 4.69) is 35.4 Å². The third kappa shape index (κ3) is 2.94. The van der Waals surface area contributed by atoms with Crippen LogP contribution in [0.3, 0.4) is 0 Å². The zero-order valence-corrected chi connectivity index (χ0v) is 14.5. The normalized spacial score (nSPS) is 11.3. The van der Waals surface area contributed by atoms with Crippen molar-refractivity contribution in [3.05, 3.63) is 53.9 Å². The number of rotatable bonds is 4. The molecular formula is C18H15N3O3S. The number of fused-ring (bicyclic) bond motifs is 1. The molecule has 0 aliphatic rings. The maximum absolute atomic E-state index is 12.4. The average Bonchev–Trinajstić information content (AvgIpc) is 3.32. The number of carbonyl (C=O) groups is 1. The van der Waals surface area contributed by atoms with E-state index in [1.807, 2.05) is 12.1 Å². The monoisotopic (exact) mass is 353 g/mol. The van der Waals surface area contributed by atoms with Crippen molar-refractivity contribution in [2.45, 2.75) is 19.8 Å². The number of benzene rings is 1. The SMILES string of the molecule is CC(C)c1cccc2sc(NC(=O)c3cc(-c4ccco4)on3)nc12. The zero-order chi connectivity index (χ0) is 17.4. The molecule has 4 rings (SSSR count). The van der Waals surface area contributed by atoms with Crippen LogP contribution in [0.15, 0.2) is 51.6 Å². The summed E-state index contributed by atoms with van der Waals surface area (Å²) in [7, 11) is 0. The van der Waals surface area contributed by atoms with E-state index in [0.29, 0.717) is 22.6 Å². The molecule has 0 radical (unpaired) electrons. The van der Waals surface area contributed by atoms with Crippen LogP contribution >= 0.6 is 11.3 Å². The molecule has 3 aromatic heterocycles. The van der Waals surface area contributed by atoms with Crippen LogP contribution < -0.4 is 5.32 Å². The van der Waals surface area contributed by atoms with E-state index < -0.39 is 0 Å². The van der Waals surface area contributed by atoms with E-state index in [4.69, 9.17) is 8.94 Å². The third-order valence-electron chi connectivity index (χ3n) is 3.80. The fourth-order valence-corrected chi connectivity index (χ4v) is 3.46. The number of anilines is 1. The fraction of sp³-hybridized carbons (Fsp3) is 0.167. The Morgan fingerprint density at radius 2 is 2.08 bits per heavy atom. The summed E-state index contributed by atoms with van der Waals surface area (Å²) in [6.07, 6.45) is 1.53. The van der Waals surface area contributed by atoms with Crippen LogP contribution in [0.4, 0.5) is 5.13 Å². The van der Waals surface area contributed by atoms with Gasteiger partial charge in [-0.05, 0) is 29.7 Å². The van der Waals surface area contributed by atoms with Crippen molar-refractivity contribution in [3.63, 3.8) is 0 Å². The Kier molecular flexibility index (Phi) is 3.85. The fourth-order valence-electron chi connectivity index (χ4n) is 2.57. The summed E-state index contributed by atoms with van der Waals surface area (Å²) in [6, 6.07) is 11.1. The quantitative estimate of drug-likeness (QED) is 0.563. The van der Waals surface area contributed by atoms with Gasteiger partial charge in [-0.3, -0.25) is 10.1 Å². The maximum atomic E-state index is 12.4. The van der Waals surface area contributed by atoms with Crippen molar-refractivity contribution >= 4 is 32.6 Å². The van der Waals surface area contributed by atoms with E-state index >= 15 is 0 Å². The molecule has 0 aliphatic carbocycles. The largest absolute Gasteiger partial charge is 0.461 e. The lowest BCUT2D eigenvalue weighted by Crippen LogP contribution is -2.11. The summed E-state index contributed by atoms with van der Waals surface area (Å²) >= 11 is 1.44. The summed E-state index contributed by atoms with van der Waals surface area (Å²) < 4.78 is 11.4. The second-order valence-corrected chi connectivity index (χ2v) is 6.91. The minimum Gasteiger partial charge on any atom is -0.461 e. The van der Waals surface area contributed by atoms with E-state index in [1.165, 1.54) is 17.6 Å². The lowest BCUT2D eigenvalue weighted by atomic mass is 10.0. The van der Waals surface area contributed by atoms with Gasteiger partial charge in [0.05, 0.1) is 16.5 Å². The van der Waals surface area contributed by atoms with Gasteiger partial charge in [-0.25, -0.2) is 4.98 Å². The number of hydrogen-bond donors (Lipinski definition) is 1. The summed E-state index contributed by atoms with van der Waals surface area (Å²) in [4.78, 5) is 17.0. The highest BCUT2D eigenvalue weighted by molar-refractivity contribution is 7.22. The highest BCUT2D eigenvalue weighted by Gasteiger charge is 2.17. The van der Waals surface area contributed by atoms with Crippen LogP contribution in [0, 0.1) is 0 Å². The first-order valence-electron chi connectivity index (χ1n) is 7.83. The van der Waals surface area contributed by atoms with Crippen molar-refractivity contribution < 1.29 is 13.7 Å². The molecule has 25 heavy (non-hydrogen) atoms. The molecule has 126 valence electrons. The number of aromatic nitrogens is 2. The van der Waals surface area contributed by atoms with Gasteiger partial charge in [0.25, 0.3) is 5.91 Å². The summed E-state index contributed by atoms with van der Waals surface area (Å²) in [5.41, 5.74) is 2.26. The summed E-state index contributed by atoms with van der Waals surface area (Å²) in [5, 5.41) is 7.12. The van der Waals surface area contributed by atoms with Crippen LogP contribution in [-0.4, -0.2) is 16.0 Å². The van der Waals surface area contributed by atoms with Crippen LogP contribution in [0.1, 0.15) is 35.8 Å².